The lowest BCUT2D eigenvalue weighted by Crippen LogP contribution is -2.21. The first-order valence-corrected chi connectivity index (χ1v) is 4.76. The molecule has 0 saturated heterocycles. The summed E-state index contributed by atoms with van der Waals surface area (Å²) in [6.45, 7) is 1.86. The highest BCUT2D eigenvalue weighted by atomic mass is 16.4. The van der Waals surface area contributed by atoms with Crippen LogP contribution in [0, 0.1) is 6.92 Å². The molecule has 0 aliphatic rings. The van der Waals surface area contributed by atoms with Crippen molar-refractivity contribution in [3.8, 4) is 0 Å². The molecule has 0 aliphatic carbocycles. The van der Waals surface area contributed by atoms with Crippen LogP contribution in [-0.4, -0.2) is 20.5 Å². The number of aliphatic carboxylic acids is 1. The van der Waals surface area contributed by atoms with E-state index < -0.39 is 5.97 Å². The first-order valence-electron chi connectivity index (χ1n) is 4.76. The number of fused-ring (bicyclic) bond motifs is 1. The van der Waals surface area contributed by atoms with E-state index in [1.54, 1.807) is 12.3 Å². The maximum absolute atomic E-state index is 11.9. The third kappa shape index (κ3) is 1.79. The summed E-state index contributed by atoms with van der Waals surface area (Å²) in [6, 6.07) is 3.57. The number of rotatable bonds is 2. The first kappa shape index (κ1) is 10.4. The topological polar surface area (TPSA) is 71.7 Å². The number of carbonyl (C=O) groups is 1. The van der Waals surface area contributed by atoms with Crippen molar-refractivity contribution in [1.82, 2.24) is 9.38 Å². The molecule has 0 spiro atoms. The van der Waals surface area contributed by atoms with E-state index in [1.165, 1.54) is 10.6 Å². The maximum atomic E-state index is 11.9. The third-order valence-corrected chi connectivity index (χ3v) is 2.26. The molecule has 0 atom stereocenters. The minimum absolute atomic E-state index is 0.190. The van der Waals surface area contributed by atoms with E-state index in [9.17, 15) is 9.59 Å². The predicted octanol–water partition coefficient (Wildman–Crippen LogP) is 0.630. The molecule has 5 heteroatoms. The molecule has 2 aromatic rings. The van der Waals surface area contributed by atoms with Gasteiger partial charge >= 0.3 is 5.97 Å². The van der Waals surface area contributed by atoms with Crippen LogP contribution in [0.4, 0.5) is 0 Å². The Morgan fingerprint density at radius 3 is 2.94 bits per heavy atom. The van der Waals surface area contributed by atoms with E-state index in [-0.39, 0.29) is 17.5 Å². The van der Waals surface area contributed by atoms with Gasteiger partial charge in [-0.3, -0.25) is 14.0 Å². The molecular weight excluding hydrogens is 208 g/mol. The Labute approximate surface area is 91.0 Å². The average Bonchev–Trinajstić information content (AvgIpc) is 2.22. The highest BCUT2D eigenvalue weighted by Gasteiger charge is 2.08. The van der Waals surface area contributed by atoms with Crippen molar-refractivity contribution in [2.45, 2.75) is 13.3 Å². The molecule has 2 aromatic heterocycles. The van der Waals surface area contributed by atoms with E-state index in [0.29, 0.717) is 5.65 Å². The SMILES string of the molecule is Cc1ccc2ncc(CC(=O)O)c(=O)n2c1. The second-order valence-corrected chi connectivity index (χ2v) is 3.59. The minimum Gasteiger partial charge on any atom is -0.481 e. The van der Waals surface area contributed by atoms with E-state index in [1.807, 2.05) is 13.0 Å². The van der Waals surface area contributed by atoms with Crippen LogP contribution in [0.25, 0.3) is 5.65 Å². The zero-order valence-corrected chi connectivity index (χ0v) is 8.67. The summed E-state index contributed by atoms with van der Waals surface area (Å²) in [6.07, 6.45) is 2.67. The van der Waals surface area contributed by atoms with Gasteiger partial charge in [-0.2, -0.15) is 0 Å². The second-order valence-electron chi connectivity index (χ2n) is 3.59. The molecule has 0 unspecified atom stereocenters. The Hall–Kier alpha value is -2.17. The molecule has 0 fully saturated rings. The highest BCUT2D eigenvalue weighted by molar-refractivity contribution is 5.70. The number of nitrogens with zero attached hydrogens (tertiary/aromatic N) is 2. The second kappa shape index (κ2) is 3.77. The summed E-state index contributed by atoms with van der Waals surface area (Å²) in [5.41, 5.74) is 1.31. The van der Waals surface area contributed by atoms with Gasteiger partial charge in [-0.25, -0.2) is 4.98 Å². The fourth-order valence-corrected chi connectivity index (χ4v) is 1.51. The van der Waals surface area contributed by atoms with Crippen LogP contribution in [0.3, 0.4) is 0 Å². The monoisotopic (exact) mass is 218 g/mol. The summed E-state index contributed by atoms with van der Waals surface area (Å²) in [5, 5.41) is 8.64. The molecular formula is C11H10N2O3. The van der Waals surface area contributed by atoms with Crippen LogP contribution >= 0.6 is 0 Å². The van der Waals surface area contributed by atoms with Crippen molar-refractivity contribution in [1.29, 1.82) is 0 Å². The highest BCUT2D eigenvalue weighted by Crippen LogP contribution is 2.01. The summed E-state index contributed by atoms with van der Waals surface area (Å²) in [7, 11) is 0. The van der Waals surface area contributed by atoms with E-state index in [0.717, 1.165) is 5.56 Å². The van der Waals surface area contributed by atoms with E-state index >= 15 is 0 Å². The van der Waals surface area contributed by atoms with Gasteiger partial charge in [-0.15, -0.1) is 0 Å². The number of aryl methyl sites for hydroxylation is 1. The number of carboxylic acid groups (broad SMARTS) is 1. The number of pyridine rings is 1. The molecule has 0 aromatic carbocycles. The molecule has 0 saturated carbocycles. The molecule has 2 heterocycles. The zero-order valence-electron chi connectivity index (χ0n) is 8.67. The Bertz CT molecular complexity index is 616. The number of carboxylic acids is 1. The van der Waals surface area contributed by atoms with Gasteiger partial charge in [0.05, 0.1) is 6.42 Å². The van der Waals surface area contributed by atoms with Crippen molar-refractivity contribution in [3.63, 3.8) is 0 Å². The lowest BCUT2D eigenvalue weighted by atomic mass is 10.2. The smallest absolute Gasteiger partial charge is 0.308 e. The molecule has 0 aliphatic heterocycles. The fraction of sp³-hybridized carbons (Fsp3) is 0.182. The normalized spacial score (nSPS) is 10.6. The number of hydrogen-bond acceptors (Lipinski definition) is 3. The molecule has 82 valence electrons. The lowest BCUT2D eigenvalue weighted by molar-refractivity contribution is -0.136. The van der Waals surface area contributed by atoms with Crippen LogP contribution in [0.5, 0.6) is 0 Å². The van der Waals surface area contributed by atoms with Gasteiger partial charge in [0.1, 0.15) is 5.65 Å². The van der Waals surface area contributed by atoms with Gasteiger partial charge in [0.2, 0.25) is 0 Å². The zero-order chi connectivity index (χ0) is 11.7. The summed E-state index contributed by atoms with van der Waals surface area (Å²) in [4.78, 5) is 26.5. The van der Waals surface area contributed by atoms with Crippen LogP contribution in [0.2, 0.25) is 0 Å². The maximum Gasteiger partial charge on any atom is 0.308 e. The Morgan fingerprint density at radius 1 is 1.50 bits per heavy atom. The van der Waals surface area contributed by atoms with Crippen molar-refractivity contribution >= 4 is 11.6 Å². The lowest BCUT2D eigenvalue weighted by Gasteiger charge is -2.03. The van der Waals surface area contributed by atoms with Crippen molar-refractivity contribution in [2.24, 2.45) is 0 Å². The average molecular weight is 218 g/mol. The molecule has 2 rings (SSSR count). The first-order chi connectivity index (χ1) is 7.58. The molecule has 1 N–H and O–H groups in total. The van der Waals surface area contributed by atoms with Crippen LogP contribution in [-0.2, 0) is 11.2 Å². The number of aromatic nitrogens is 2. The van der Waals surface area contributed by atoms with Crippen molar-refractivity contribution in [3.05, 3.63) is 46.0 Å². The standard InChI is InChI=1S/C11H10N2O3/c1-7-2-3-9-12-5-8(4-10(14)15)11(16)13(9)6-7/h2-3,5-6H,4H2,1H3,(H,14,15). The van der Waals surface area contributed by atoms with Gasteiger partial charge in [0.15, 0.2) is 0 Å². The van der Waals surface area contributed by atoms with E-state index in [2.05, 4.69) is 4.98 Å². The molecule has 16 heavy (non-hydrogen) atoms. The number of hydrogen-bond donors (Lipinski definition) is 1. The summed E-state index contributed by atoms with van der Waals surface area (Å²) in [5.74, 6) is -1.04. The van der Waals surface area contributed by atoms with Crippen LogP contribution in [0.1, 0.15) is 11.1 Å². The van der Waals surface area contributed by atoms with Gasteiger partial charge in [-0.05, 0) is 18.6 Å². The molecule has 0 radical (unpaired) electrons. The van der Waals surface area contributed by atoms with Crippen LogP contribution < -0.4 is 5.56 Å². The molecule has 0 amide bonds. The largest absolute Gasteiger partial charge is 0.481 e. The Balaban J connectivity index is 2.68. The quantitative estimate of drug-likeness (QED) is 0.802. The Kier molecular flexibility index (Phi) is 2.44. The van der Waals surface area contributed by atoms with Crippen LogP contribution in [0.15, 0.2) is 29.3 Å². The van der Waals surface area contributed by atoms with Gasteiger partial charge in [0.25, 0.3) is 5.56 Å². The van der Waals surface area contributed by atoms with Crippen molar-refractivity contribution in [2.75, 3.05) is 0 Å². The summed E-state index contributed by atoms with van der Waals surface area (Å²) >= 11 is 0. The summed E-state index contributed by atoms with van der Waals surface area (Å²) < 4.78 is 1.37. The molecule has 0 bridgehead atoms. The van der Waals surface area contributed by atoms with Gasteiger partial charge in [0, 0.05) is 18.0 Å². The van der Waals surface area contributed by atoms with Gasteiger partial charge < -0.3 is 5.11 Å². The van der Waals surface area contributed by atoms with Crippen molar-refractivity contribution < 1.29 is 9.90 Å². The van der Waals surface area contributed by atoms with Gasteiger partial charge in [-0.1, -0.05) is 6.07 Å². The predicted molar refractivity (Wildman–Crippen MR) is 57.5 cm³/mol. The minimum atomic E-state index is -1.04. The molecule has 5 nitrogen and oxygen atoms in total. The fourth-order valence-electron chi connectivity index (χ4n) is 1.51. The third-order valence-electron chi connectivity index (χ3n) is 2.26. The van der Waals surface area contributed by atoms with E-state index in [4.69, 9.17) is 5.11 Å². The Morgan fingerprint density at radius 2 is 2.25 bits per heavy atom.